The fourth-order valence-corrected chi connectivity index (χ4v) is 3.22. The highest BCUT2D eigenvalue weighted by molar-refractivity contribution is 5.94. The van der Waals surface area contributed by atoms with Gasteiger partial charge in [-0.1, -0.05) is 0 Å². The first kappa shape index (κ1) is 20.5. The molecule has 9 heteroatoms. The van der Waals surface area contributed by atoms with Crippen molar-refractivity contribution in [2.24, 2.45) is 0 Å². The second kappa shape index (κ2) is 8.26. The van der Waals surface area contributed by atoms with E-state index in [0.29, 0.717) is 31.5 Å². The zero-order valence-corrected chi connectivity index (χ0v) is 14.8. The number of amides is 2. The Kier molecular flexibility index (Phi) is 6.52. The van der Waals surface area contributed by atoms with Gasteiger partial charge in [-0.25, -0.2) is 13.2 Å². The van der Waals surface area contributed by atoms with Gasteiger partial charge in [0.25, 0.3) is 11.8 Å². The minimum absolute atomic E-state index is 0. The van der Waals surface area contributed by atoms with Gasteiger partial charge in [0.2, 0.25) is 5.91 Å². The molecule has 2 aliphatic rings. The molecule has 0 bridgehead atoms. The van der Waals surface area contributed by atoms with E-state index in [0.717, 1.165) is 0 Å². The van der Waals surface area contributed by atoms with Gasteiger partial charge in [0, 0.05) is 31.1 Å². The molecule has 2 aliphatic heterocycles. The predicted octanol–water partition coefficient (Wildman–Crippen LogP) is 1.97. The maximum Gasteiger partial charge on any atom is 0.262 e. The molecule has 144 valence electrons. The second-order valence-corrected chi connectivity index (χ2v) is 6.57. The topological polar surface area (TPSA) is 61.4 Å². The number of halogens is 4. The zero-order chi connectivity index (χ0) is 18.0. The van der Waals surface area contributed by atoms with E-state index in [1.807, 2.05) is 0 Å². The highest BCUT2D eigenvalue weighted by Crippen LogP contribution is 2.26. The summed E-state index contributed by atoms with van der Waals surface area (Å²) in [6, 6.07) is 4.34. The summed E-state index contributed by atoms with van der Waals surface area (Å²) in [5.74, 6) is -3.83. The Morgan fingerprint density at radius 1 is 1.15 bits per heavy atom. The largest absolute Gasteiger partial charge is 0.349 e. The molecule has 3 rings (SSSR count). The highest BCUT2D eigenvalue weighted by atomic mass is 35.5. The van der Waals surface area contributed by atoms with Gasteiger partial charge in [0.1, 0.15) is 5.82 Å². The van der Waals surface area contributed by atoms with Crippen molar-refractivity contribution in [1.82, 2.24) is 15.5 Å². The molecular weight excluding hydrogens is 371 g/mol. The van der Waals surface area contributed by atoms with Gasteiger partial charge in [-0.05, 0) is 37.1 Å². The number of piperidine rings is 1. The van der Waals surface area contributed by atoms with Crippen LogP contribution in [0.4, 0.5) is 13.2 Å². The number of carbonyl (C=O) groups excluding carboxylic acids is 2. The molecule has 0 aromatic heterocycles. The van der Waals surface area contributed by atoms with Gasteiger partial charge < -0.3 is 10.2 Å². The molecular formula is C17H21ClF3N3O2. The molecule has 1 aromatic carbocycles. The van der Waals surface area contributed by atoms with Crippen molar-refractivity contribution >= 4 is 24.2 Å². The first-order valence-electron chi connectivity index (χ1n) is 8.30. The summed E-state index contributed by atoms with van der Waals surface area (Å²) in [7, 11) is 0. The van der Waals surface area contributed by atoms with Crippen molar-refractivity contribution in [2.75, 3.05) is 19.6 Å². The first-order valence-corrected chi connectivity index (χ1v) is 8.30. The van der Waals surface area contributed by atoms with Crippen LogP contribution in [0, 0.1) is 5.82 Å². The van der Waals surface area contributed by atoms with Gasteiger partial charge in [-0.2, -0.15) is 0 Å². The maximum atomic E-state index is 13.2. The van der Waals surface area contributed by atoms with E-state index in [1.54, 1.807) is 4.90 Å². The number of nitrogens with one attached hydrogen (secondary N) is 2. The number of hydrogen-bond donors (Lipinski definition) is 2. The van der Waals surface area contributed by atoms with Crippen LogP contribution in [0.1, 0.15) is 29.6 Å². The van der Waals surface area contributed by atoms with E-state index >= 15 is 0 Å². The number of rotatable bonds is 3. The van der Waals surface area contributed by atoms with Crippen molar-refractivity contribution in [3.63, 3.8) is 0 Å². The van der Waals surface area contributed by atoms with Crippen molar-refractivity contribution in [3.8, 4) is 0 Å². The smallest absolute Gasteiger partial charge is 0.262 e. The summed E-state index contributed by atoms with van der Waals surface area (Å²) < 4.78 is 39.3. The summed E-state index contributed by atoms with van der Waals surface area (Å²) in [4.78, 5) is 26.0. The fraction of sp³-hybridized carbons (Fsp3) is 0.529. The van der Waals surface area contributed by atoms with Gasteiger partial charge >= 0.3 is 0 Å². The zero-order valence-electron chi connectivity index (χ0n) is 14.0. The minimum Gasteiger partial charge on any atom is -0.349 e. The number of hydrogen-bond acceptors (Lipinski definition) is 3. The average molecular weight is 392 g/mol. The Labute approximate surface area is 155 Å². The second-order valence-electron chi connectivity index (χ2n) is 6.57. The van der Waals surface area contributed by atoms with Crippen molar-refractivity contribution in [1.29, 1.82) is 0 Å². The molecule has 2 saturated heterocycles. The molecule has 26 heavy (non-hydrogen) atoms. The highest BCUT2D eigenvalue weighted by Gasteiger charge is 2.43. The summed E-state index contributed by atoms with van der Waals surface area (Å²) >= 11 is 0. The molecule has 1 aromatic rings. The summed E-state index contributed by atoms with van der Waals surface area (Å²) in [6.45, 7) is 0.363. The minimum atomic E-state index is -2.83. The van der Waals surface area contributed by atoms with Crippen LogP contribution in [-0.4, -0.2) is 54.4 Å². The van der Waals surface area contributed by atoms with Crippen LogP contribution in [0.25, 0.3) is 0 Å². The third-order valence-electron chi connectivity index (χ3n) is 4.66. The number of carbonyl (C=O) groups is 2. The van der Waals surface area contributed by atoms with Crippen LogP contribution >= 0.6 is 12.4 Å². The molecule has 2 N–H and O–H groups in total. The van der Waals surface area contributed by atoms with Crippen LogP contribution in [-0.2, 0) is 4.79 Å². The van der Waals surface area contributed by atoms with E-state index in [2.05, 4.69) is 10.6 Å². The van der Waals surface area contributed by atoms with E-state index in [4.69, 9.17) is 0 Å². The predicted molar refractivity (Wildman–Crippen MR) is 92.1 cm³/mol. The lowest BCUT2D eigenvalue weighted by atomic mass is 10.0. The standard InChI is InChI=1S/C17H20F3N3O2.ClH/c18-12-3-1-11(2-4-12)15(24)22-13-5-7-23(8-6-13)16(25)14-9-17(19,20)10-21-14;/h1-4,13-14,21H,5-10H2,(H,22,24);1H. The lowest BCUT2D eigenvalue weighted by molar-refractivity contribution is -0.134. The Morgan fingerprint density at radius 3 is 2.31 bits per heavy atom. The van der Waals surface area contributed by atoms with Crippen LogP contribution in [0.5, 0.6) is 0 Å². The molecule has 1 unspecified atom stereocenters. The maximum absolute atomic E-state index is 13.2. The SMILES string of the molecule is Cl.O=C(NC1CCN(C(=O)C2CC(F)(F)CN2)CC1)c1ccc(F)cc1. The molecule has 0 saturated carbocycles. The number of nitrogens with zero attached hydrogens (tertiary/aromatic N) is 1. The lowest BCUT2D eigenvalue weighted by Crippen LogP contribution is -2.50. The van der Waals surface area contributed by atoms with E-state index in [1.165, 1.54) is 24.3 Å². The van der Waals surface area contributed by atoms with E-state index in [-0.39, 0.29) is 30.3 Å². The van der Waals surface area contributed by atoms with Gasteiger partial charge in [-0.15, -0.1) is 12.4 Å². The van der Waals surface area contributed by atoms with Crippen LogP contribution < -0.4 is 10.6 Å². The molecule has 0 aliphatic carbocycles. The summed E-state index contributed by atoms with van der Waals surface area (Å²) in [6.07, 6.45) is 0.649. The van der Waals surface area contributed by atoms with Crippen LogP contribution in [0.3, 0.4) is 0 Å². The Bertz CT molecular complexity index is 649. The van der Waals surface area contributed by atoms with E-state index in [9.17, 15) is 22.8 Å². The quantitative estimate of drug-likeness (QED) is 0.828. The third-order valence-corrected chi connectivity index (χ3v) is 4.66. The summed E-state index contributed by atoms with van der Waals surface area (Å²) in [5, 5.41) is 5.43. The first-order chi connectivity index (χ1) is 11.8. The van der Waals surface area contributed by atoms with Gasteiger partial charge in [-0.3, -0.25) is 14.9 Å². The number of likely N-dealkylation sites (tertiary alicyclic amines) is 1. The van der Waals surface area contributed by atoms with Crippen LogP contribution in [0.15, 0.2) is 24.3 Å². The Morgan fingerprint density at radius 2 is 1.77 bits per heavy atom. The number of benzene rings is 1. The van der Waals surface area contributed by atoms with Crippen molar-refractivity contribution in [3.05, 3.63) is 35.6 Å². The van der Waals surface area contributed by atoms with Crippen molar-refractivity contribution < 1.29 is 22.8 Å². The monoisotopic (exact) mass is 391 g/mol. The van der Waals surface area contributed by atoms with E-state index < -0.39 is 30.7 Å². The Hall–Kier alpha value is -1.80. The molecule has 2 fully saturated rings. The van der Waals surface area contributed by atoms with Gasteiger partial charge in [0.15, 0.2) is 0 Å². The molecule has 0 spiro atoms. The van der Waals surface area contributed by atoms with Crippen molar-refractivity contribution in [2.45, 2.75) is 37.3 Å². The average Bonchev–Trinajstić information content (AvgIpc) is 2.95. The molecule has 2 heterocycles. The molecule has 2 amide bonds. The number of alkyl halides is 2. The third kappa shape index (κ3) is 4.88. The molecule has 1 atom stereocenters. The summed E-state index contributed by atoms with van der Waals surface area (Å²) in [5.41, 5.74) is 0.372. The van der Waals surface area contributed by atoms with Crippen LogP contribution in [0.2, 0.25) is 0 Å². The molecule has 0 radical (unpaired) electrons. The fourth-order valence-electron chi connectivity index (χ4n) is 3.22. The normalized spacial score (nSPS) is 22.6. The lowest BCUT2D eigenvalue weighted by Gasteiger charge is -2.33. The molecule has 5 nitrogen and oxygen atoms in total. The van der Waals surface area contributed by atoms with Gasteiger partial charge in [0.05, 0.1) is 12.6 Å². The Balaban J connectivity index is 0.00000243.